The summed E-state index contributed by atoms with van der Waals surface area (Å²) in [4.78, 5) is 37.8. The van der Waals surface area contributed by atoms with Gasteiger partial charge >= 0.3 is 5.97 Å². The molecule has 2 N–H and O–H groups in total. The molecule has 1 fully saturated rings. The Labute approximate surface area is 175 Å². The maximum Gasteiger partial charge on any atom is 0.307 e. The molecule has 30 heavy (non-hydrogen) atoms. The van der Waals surface area contributed by atoms with Gasteiger partial charge in [-0.25, -0.2) is 0 Å². The highest BCUT2D eigenvalue weighted by Crippen LogP contribution is 2.23. The molecule has 158 valence electrons. The van der Waals surface area contributed by atoms with Crippen molar-refractivity contribution in [3.05, 3.63) is 54.1 Å². The minimum Gasteiger partial charge on any atom is -0.469 e. The average Bonchev–Trinajstić information content (AvgIpc) is 2.73. The third-order valence-electron chi connectivity index (χ3n) is 4.77. The normalized spacial score (nSPS) is 16.5. The monoisotopic (exact) mass is 411 g/mol. The van der Waals surface area contributed by atoms with E-state index in [4.69, 9.17) is 4.74 Å². The number of carbonyl (C=O) groups excluding carboxylic acids is 3. The summed E-state index contributed by atoms with van der Waals surface area (Å²) >= 11 is 0. The Hall–Kier alpha value is -3.39. The fourth-order valence-corrected chi connectivity index (χ4v) is 3.15. The number of methoxy groups -OCH3 is 1. The van der Waals surface area contributed by atoms with E-state index in [1.54, 1.807) is 29.2 Å². The Balaban J connectivity index is 1.56. The van der Waals surface area contributed by atoms with Gasteiger partial charge in [-0.15, -0.1) is 0 Å². The minimum atomic E-state index is -0.720. The zero-order valence-electron chi connectivity index (χ0n) is 17.0. The molecule has 1 saturated heterocycles. The lowest BCUT2D eigenvalue weighted by atomic mass is 10.1. The van der Waals surface area contributed by atoms with Gasteiger partial charge in [0.1, 0.15) is 17.5 Å². The lowest BCUT2D eigenvalue weighted by Crippen LogP contribution is -2.57. The maximum absolute atomic E-state index is 12.5. The van der Waals surface area contributed by atoms with Crippen molar-refractivity contribution in [2.24, 2.45) is 0 Å². The molecule has 2 aromatic carbocycles. The van der Waals surface area contributed by atoms with Crippen LogP contribution in [-0.4, -0.2) is 55.5 Å². The van der Waals surface area contributed by atoms with Crippen LogP contribution in [0.25, 0.3) is 0 Å². The lowest BCUT2D eigenvalue weighted by Gasteiger charge is -2.33. The number of nitrogens with one attached hydrogen (secondary N) is 2. The number of amides is 2. The third kappa shape index (κ3) is 5.81. The van der Waals surface area contributed by atoms with E-state index >= 15 is 0 Å². The second-order valence-electron chi connectivity index (χ2n) is 7.05. The second kappa shape index (κ2) is 9.89. The lowest BCUT2D eigenvalue weighted by molar-refractivity contribution is -0.146. The number of anilines is 1. The number of aryl methyl sites for hydroxylation is 1. The summed E-state index contributed by atoms with van der Waals surface area (Å²) in [6.45, 7) is 2.91. The highest BCUT2D eigenvalue weighted by molar-refractivity contribution is 5.93. The molecule has 1 aliphatic rings. The molecule has 2 amide bonds. The van der Waals surface area contributed by atoms with Crippen molar-refractivity contribution < 1.29 is 23.9 Å². The van der Waals surface area contributed by atoms with Gasteiger partial charge in [-0.3, -0.25) is 19.3 Å². The second-order valence-corrected chi connectivity index (χ2v) is 7.05. The van der Waals surface area contributed by atoms with E-state index in [-0.39, 0.29) is 24.8 Å². The maximum atomic E-state index is 12.5. The molecule has 0 saturated carbocycles. The van der Waals surface area contributed by atoms with Gasteiger partial charge in [0.25, 0.3) is 0 Å². The number of rotatable bonds is 7. The summed E-state index contributed by atoms with van der Waals surface area (Å²) in [6.07, 6.45) is -0.0966. The Kier molecular flexibility index (Phi) is 7.03. The zero-order chi connectivity index (χ0) is 21.5. The van der Waals surface area contributed by atoms with Crippen LogP contribution in [0.5, 0.6) is 11.5 Å². The molecule has 0 aromatic heterocycles. The van der Waals surface area contributed by atoms with E-state index in [1.165, 1.54) is 7.11 Å². The SMILES string of the molecule is COC(=O)C[C@H]1C(=O)NCCN1CC(=O)Nc1ccc(Oc2ccc(C)cc2)cc1. The van der Waals surface area contributed by atoms with Gasteiger partial charge in [-0.05, 0) is 43.3 Å². The molecule has 0 radical (unpaired) electrons. The largest absolute Gasteiger partial charge is 0.469 e. The van der Waals surface area contributed by atoms with Crippen molar-refractivity contribution in [1.82, 2.24) is 10.2 Å². The predicted octanol–water partition coefficient (Wildman–Crippen LogP) is 2.09. The van der Waals surface area contributed by atoms with Gasteiger partial charge in [-0.2, -0.15) is 0 Å². The van der Waals surface area contributed by atoms with Crippen molar-refractivity contribution in [2.75, 3.05) is 32.1 Å². The Morgan fingerprint density at radius 2 is 1.73 bits per heavy atom. The van der Waals surface area contributed by atoms with Crippen LogP contribution in [0, 0.1) is 6.92 Å². The number of benzene rings is 2. The highest BCUT2D eigenvalue weighted by Gasteiger charge is 2.33. The molecule has 8 nitrogen and oxygen atoms in total. The van der Waals surface area contributed by atoms with Gasteiger partial charge in [0, 0.05) is 18.8 Å². The molecule has 0 unspecified atom stereocenters. The van der Waals surface area contributed by atoms with Gasteiger partial charge < -0.3 is 20.1 Å². The summed E-state index contributed by atoms with van der Waals surface area (Å²) in [7, 11) is 1.27. The zero-order valence-corrected chi connectivity index (χ0v) is 17.0. The van der Waals surface area contributed by atoms with Gasteiger partial charge in [0.15, 0.2) is 0 Å². The van der Waals surface area contributed by atoms with Gasteiger partial charge in [-0.1, -0.05) is 17.7 Å². The third-order valence-corrected chi connectivity index (χ3v) is 4.77. The quantitative estimate of drug-likeness (QED) is 0.678. The molecule has 0 bridgehead atoms. The van der Waals surface area contributed by atoms with Crippen molar-refractivity contribution in [1.29, 1.82) is 0 Å². The number of carbonyl (C=O) groups is 3. The number of esters is 1. The van der Waals surface area contributed by atoms with Crippen LogP contribution in [0.1, 0.15) is 12.0 Å². The first-order chi connectivity index (χ1) is 14.4. The van der Waals surface area contributed by atoms with E-state index in [9.17, 15) is 14.4 Å². The highest BCUT2D eigenvalue weighted by atomic mass is 16.5. The van der Waals surface area contributed by atoms with Crippen LogP contribution < -0.4 is 15.4 Å². The first-order valence-corrected chi connectivity index (χ1v) is 9.67. The minimum absolute atomic E-state index is 0.00327. The summed E-state index contributed by atoms with van der Waals surface area (Å²) in [5.41, 5.74) is 1.77. The van der Waals surface area contributed by atoms with Crippen molar-refractivity contribution in [3.8, 4) is 11.5 Å². The Morgan fingerprint density at radius 3 is 2.37 bits per heavy atom. The molecule has 1 aliphatic heterocycles. The van der Waals surface area contributed by atoms with Crippen LogP contribution in [0.3, 0.4) is 0 Å². The molecule has 1 heterocycles. The van der Waals surface area contributed by atoms with Crippen molar-refractivity contribution in [2.45, 2.75) is 19.4 Å². The number of hydrogen-bond donors (Lipinski definition) is 2. The molecule has 2 aromatic rings. The van der Waals surface area contributed by atoms with Gasteiger partial charge in [0.2, 0.25) is 11.8 Å². The van der Waals surface area contributed by atoms with E-state index in [1.807, 2.05) is 31.2 Å². The van der Waals surface area contributed by atoms with E-state index < -0.39 is 12.0 Å². The summed E-state index contributed by atoms with van der Waals surface area (Å²) in [5.74, 6) is 0.343. The van der Waals surface area contributed by atoms with E-state index in [2.05, 4.69) is 15.4 Å². The van der Waals surface area contributed by atoms with Crippen LogP contribution in [0.4, 0.5) is 5.69 Å². The Morgan fingerprint density at radius 1 is 1.10 bits per heavy atom. The standard InChI is InChI=1S/C22H25N3O5/c1-15-3-7-17(8-4-15)30-18-9-5-16(6-10-18)24-20(26)14-25-12-11-23-22(28)19(25)13-21(27)29-2/h3-10,19H,11-14H2,1-2H3,(H,23,28)(H,24,26)/t19-/m0/s1. The smallest absolute Gasteiger partial charge is 0.307 e. The predicted molar refractivity (Wildman–Crippen MR) is 111 cm³/mol. The average molecular weight is 411 g/mol. The number of hydrogen-bond acceptors (Lipinski definition) is 6. The van der Waals surface area contributed by atoms with Crippen LogP contribution >= 0.6 is 0 Å². The summed E-state index contributed by atoms with van der Waals surface area (Å²) in [5, 5.41) is 5.52. The van der Waals surface area contributed by atoms with E-state index in [0.29, 0.717) is 24.5 Å². The molecular weight excluding hydrogens is 386 g/mol. The molecule has 0 aliphatic carbocycles. The molecule has 1 atom stereocenters. The molecule has 3 rings (SSSR count). The van der Waals surface area contributed by atoms with Crippen LogP contribution in [0.15, 0.2) is 48.5 Å². The van der Waals surface area contributed by atoms with Crippen LogP contribution in [-0.2, 0) is 19.1 Å². The fraction of sp³-hybridized carbons (Fsp3) is 0.318. The Bertz CT molecular complexity index is 896. The van der Waals surface area contributed by atoms with Crippen LogP contribution in [0.2, 0.25) is 0 Å². The number of nitrogens with zero attached hydrogens (tertiary/aromatic N) is 1. The molecule has 0 spiro atoms. The van der Waals surface area contributed by atoms with Gasteiger partial charge in [0.05, 0.1) is 20.1 Å². The van der Waals surface area contributed by atoms with E-state index in [0.717, 1.165) is 11.3 Å². The fourth-order valence-electron chi connectivity index (χ4n) is 3.15. The summed E-state index contributed by atoms with van der Waals surface area (Å²) in [6, 6.07) is 14.0. The molecule has 8 heteroatoms. The number of ether oxygens (including phenoxy) is 2. The first kappa shape index (κ1) is 21.3. The van der Waals surface area contributed by atoms with Crippen molar-refractivity contribution >= 4 is 23.5 Å². The topological polar surface area (TPSA) is 97.0 Å². The summed E-state index contributed by atoms with van der Waals surface area (Å²) < 4.78 is 10.4. The molecular formula is C22H25N3O5. The van der Waals surface area contributed by atoms with Crippen molar-refractivity contribution in [3.63, 3.8) is 0 Å². The first-order valence-electron chi connectivity index (χ1n) is 9.67. The number of piperazine rings is 1.